The van der Waals surface area contributed by atoms with Crippen LogP contribution in [0.1, 0.15) is 33.9 Å². The van der Waals surface area contributed by atoms with Crippen molar-refractivity contribution >= 4 is 17.5 Å². The van der Waals surface area contributed by atoms with Crippen LogP contribution in [0.15, 0.2) is 77.9 Å². The van der Waals surface area contributed by atoms with E-state index >= 15 is 0 Å². The molecular weight excluding hydrogens is 440 g/mol. The first-order valence-electron chi connectivity index (χ1n) is 10.7. The molecule has 3 aromatic rings. The van der Waals surface area contributed by atoms with E-state index in [0.29, 0.717) is 23.4 Å². The molecule has 0 spiro atoms. The number of rotatable bonds is 6. The van der Waals surface area contributed by atoms with Gasteiger partial charge in [0.1, 0.15) is 23.9 Å². The van der Waals surface area contributed by atoms with Gasteiger partial charge in [0.2, 0.25) is 0 Å². The topological polar surface area (TPSA) is 62.2 Å². The summed E-state index contributed by atoms with van der Waals surface area (Å²) in [5.41, 5.74) is 2.04. The average molecular weight is 463 g/mol. The molecule has 0 bridgehead atoms. The van der Waals surface area contributed by atoms with Crippen molar-refractivity contribution in [2.24, 2.45) is 5.10 Å². The molecule has 8 heteroatoms. The van der Waals surface area contributed by atoms with Gasteiger partial charge >= 0.3 is 0 Å². The zero-order valence-corrected chi connectivity index (χ0v) is 18.7. The molecule has 1 heterocycles. The summed E-state index contributed by atoms with van der Waals surface area (Å²) >= 11 is 0. The lowest BCUT2D eigenvalue weighted by Crippen LogP contribution is -2.39. The summed E-state index contributed by atoms with van der Waals surface area (Å²) in [6.45, 7) is -0.306. The number of methoxy groups -OCH3 is 1. The highest BCUT2D eigenvalue weighted by Gasteiger charge is 2.34. The second kappa shape index (κ2) is 9.82. The minimum absolute atomic E-state index is 0.116. The molecule has 0 aliphatic carbocycles. The van der Waals surface area contributed by atoms with Gasteiger partial charge in [0, 0.05) is 19.0 Å². The number of hydrogen-bond acceptors (Lipinski definition) is 4. The van der Waals surface area contributed by atoms with Gasteiger partial charge in [-0.2, -0.15) is 5.10 Å². The monoisotopic (exact) mass is 463 g/mol. The fraction of sp³-hybridized carbons (Fsp3) is 0.192. The van der Waals surface area contributed by atoms with Crippen LogP contribution < -0.4 is 4.74 Å². The highest BCUT2D eigenvalue weighted by atomic mass is 19.1. The van der Waals surface area contributed by atoms with Gasteiger partial charge < -0.3 is 9.64 Å². The molecule has 174 valence electrons. The maximum absolute atomic E-state index is 14.0. The Labute approximate surface area is 196 Å². The standard InChI is InChI=1S/C26H23F2N3O3/c1-30(26(33)21-8-3-4-9-22(21)28)16-25(32)31-24(17-10-12-19(27)13-11-17)15-23(29-31)18-6-5-7-20(14-18)34-2/h3-14,24H,15-16H2,1-2H3. The van der Waals surface area contributed by atoms with Crippen LogP contribution in [0.25, 0.3) is 0 Å². The second-order valence-corrected chi connectivity index (χ2v) is 7.93. The number of amides is 2. The number of nitrogens with zero attached hydrogens (tertiary/aromatic N) is 3. The minimum Gasteiger partial charge on any atom is -0.497 e. The molecule has 1 aliphatic heterocycles. The Hall–Kier alpha value is -4.07. The van der Waals surface area contributed by atoms with Crippen molar-refractivity contribution in [2.75, 3.05) is 20.7 Å². The van der Waals surface area contributed by atoms with Crippen LogP contribution in [0.5, 0.6) is 5.75 Å². The third-order valence-electron chi connectivity index (χ3n) is 5.65. The molecule has 6 nitrogen and oxygen atoms in total. The third kappa shape index (κ3) is 4.80. The van der Waals surface area contributed by atoms with E-state index in [-0.39, 0.29) is 17.9 Å². The van der Waals surface area contributed by atoms with E-state index in [1.165, 1.54) is 42.4 Å². The number of carbonyl (C=O) groups is 2. The minimum atomic E-state index is -0.657. The molecular formula is C26H23F2N3O3. The fourth-order valence-corrected chi connectivity index (χ4v) is 3.85. The summed E-state index contributed by atoms with van der Waals surface area (Å²) in [5, 5.41) is 5.87. The lowest BCUT2D eigenvalue weighted by molar-refractivity contribution is -0.133. The summed E-state index contributed by atoms with van der Waals surface area (Å²) in [5.74, 6) is -1.45. The van der Waals surface area contributed by atoms with E-state index in [4.69, 9.17) is 4.74 Å². The van der Waals surface area contributed by atoms with Crippen LogP contribution in [0.2, 0.25) is 0 Å². The normalized spacial score (nSPS) is 15.1. The SMILES string of the molecule is COc1cccc(C2=NN(C(=O)CN(C)C(=O)c3ccccc3F)C(c3ccc(F)cc3)C2)c1. The molecule has 0 aromatic heterocycles. The summed E-state index contributed by atoms with van der Waals surface area (Å²) < 4.78 is 32.9. The quantitative estimate of drug-likeness (QED) is 0.544. The first-order valence-corrected chi connectivity index (χ1v) is 10.7. The molecule has 34 heavy (non-hydrogen) atoms. The summed E-state index contributed by atoms with van der Waals surface area (Å²) in [6, 6.07) is 18.3. The fourth-order valence-electron chi connectivity index (χ4n) is 3.85. The maximum Gasteiger partial charge on any atom is 0.262 e. The van der Waals surface area contributed by atoms with Gasteiger partial charge in [-0.25, -0.2) is 13.8 Å². The van der Waals surface area contributed by atoms with Gasteiger partial charge in [-0.15, -0.1) is 0 Å². The highest BCUT2D eigenvalue weighted by molar-refractivity contribution is 6.04. The number of halogens is 2. The van der Waals surface area contributed by atoms with E-state index in [2.05, 4.69) is 5.10 Å². The van der Waals surface area contributed by atoms with Gasteiger partial charge in [0.25, 0.3) is 11.8 Å². The van der Waals surface area contributed by atoms with Crippen LogP contribution >= 0.6 is 0 Å². The Morgan fingerprint density at radius 1 is 1.06 bits per heavy atom. The van der Waals surface area contributed by atoms with Crippen molar-refractivity contribution in [1.82, 2.24) is 9.91 Å². The first-order chi connectivity index (χ1) is 16.4. The number of hydrazone groups is 1. The van der Waals surface area contributed by atoms with E-state index in [0.717, 1.165) is 10.5 Å². The Balaban J connectivity index is 1.61. The number of carbonyl (C=O) groups excluding carboxylic acids is 2. The van der Waals surface area contributed by atoms with Gasteiger partial charge in [-0.3, -0.25) is 9.59 Å². The molecule has 1 aliphatic rings. The third-order valence-corrected chi connectivity index (χ3v) is 5.65. The van der Waals surface area contributed by atoms with Crippen LogP contribution in [0, 0.1) is 11.6 Å². The van der Waals surface area contributed by atoms with Crippen molar-refractivity contribution in [2.45, 2.75) is 12.5 Å². The number of benzene rings is 3. The molecule has 0 saturated carbocycles. The Kier molecular flexibility index (Phi) is 6.67. The summed E-state index contributed by atoms with van der Waals surface area (Å²) in [4.78, 5) is 27.1. The van der Waals surface area contributed by atoms with Gasteiger partial charge in [0.15, 0.2) is 0 Å². The van der Waals surface area contributed by atoms with E-state index < -0.39 is 23.7 Å². The van der Waals surface area contributed by atoms with E-state index in [9.17, 15) is 18.4 Å². The summed E-state index contributed by atoms with van der Waals surface area (Å²) in [6.07, 6.45) is 0.398. The predicted octanol–water partition coefficient (Wildman–Crippen LogP) is 4.42. The summed E-state index contributed by atoms with van der Waals surface area (Å²) in [7, 11) is 3.00. The lowest BCUT2D eigenvalue weighted by Gasteiger charge is -2.25. The molecule has 4 rings (SSSR count). The van der Waals surface area contributed by atoms with Gasteiger partial charge in [-0.1, -0.05) is 36.4 Å². The Morgan fingerprint density at radius 3 is 2.50 bits per heavy atom. The Morgan fingerprint density at radius 2 is 1.79 bits per heavy atom. The van der Waals surface area contributed by atoms with Gasteiger partial charge in [0.05, 0.1) is 24.4 Å². The second-order valence-electron chi connectivity index (χ2n) is 7.93. The zero-order valence-electron chi connectivity index (χ0n) is 18.7. The van der Waals surface area contributed by atoms with Crippen molar-refractivity contribution in [3.05, 3.63) is 101 Å². The molecule has 0 saturated heterocycles. The molecule has 1 atom stereocenters. The Bertz CT molecular complexity index is 1240. The smallest absolute Gasteiger partial charge is 0.262 e. The molecule has 1 unspecified atom stereocenters. The van der Waals surface area contributed by atoms with Crippen molar-refractivity contribution in [1.29, 1.82) is 0 Å². The zero-order chi connectivity index (χ0) is 24.2. The highest BCUT2D eigenvalue weighted by Crippen LogP contribution is 2.33. The van der Waals surface area contributed by atoms with E-state index in [1.54, 1.807) is 25.3 Å². The molecule has 3 aromatic carbocycles. The molecule has 2 amide bonds. The van der Waals surface area contributed by atoms with Crippen molar-refractivity contribution in [3.8, 4) is 5.75 Å². The van der Waals surface area contributed by atoms with E-state index in [1.807, 2.05) is 24.3 Å². The van der Waals surface area contributed by atoms with Crippen LogP contribution in [-0.2, 0) is 4.79 Å². The van der Waals surface area contributed by atoms with Crippen molar-refractivity contribution < 1.29 is 23.1 Å². The van der Waals surface area contributed by atoms with Crippen LogP contribution in [0.3, 0.4) is 0 Å². The molecule has 0 N–H and O–H groups in total. The van der Waals surface area contributed by atoms with Crippen molar-refractivity contribution in [3.63, 3.8) is 0 Å². The van der Waals surface area contributed by atoms with Crippen LogP contribution in [-0.4, -0.2) is 48.1 Å². The molecule has 0 radical (unpaired) electrons. The number of likely N-dealkylation sites (N-methyl/N-ethyl adjacent to an activating group) is 1. The number of ether oxygens (including phenoxy) is 1. The molecule has 0 fully saturated rings. The number of hydrogen-bond donors (Lipinski definition) is 0. The van der Waals surface area contributed by atoms with Gasteiger partial charge in [-0.05, 0) is 42.0 Å². The first kappa shape index (κ1) is 23.1. The maximum atomic E-state index is 14.0. The van der Waals surface area contributed by atoms with Crippen LogP contribution in [0.4, 0.5) is 8.78 Å². The predicted molar refractivity (Wildman–Crippen MR) is 123 cm³/mol. The average Bonchev–Trinajstić information content (AvgIpc) is 3.30. The lowest BCUT2D eigenvalue weighted by atomic mass is 9.98. The largest absolute Gasteiger partial charge is 0.497 e.